The van der Waals surface area contributed by atoms with Crippen molar-refractivity contribution in [2.24, 2.45) is 0 Å². The fourth-order valence-corrected chi connectivity index (χ4v) is 3.64. The van der Waals surface area contributed by atoms with E-state index in [9.17, 15) is 5.26 Å². The van der Waals surface area contributed by atoms with Gasteiger partial charge in [0.15, 0.2) is 5.65 Å². The minimum atomic E-state index is 0.636. The van der Waals surface area contributed by atoms with Gasteiger partial charge in [-0.1, -0.05) is 32.1 Å². The van der Waals surface area contributed by atoms with Gasteiger partial charge in [-0.2, -0.15) is 5.26 Å². The summed E-state index contributed by atoms with van der Waals surface area (Å²) in [4.78, 5) is 7.14. The zero-order valence-corrected chi connectivity index (χ0v) is 16.4. The summed E-state index contributed by atoms with van der Waals surface area (Å²) in [5, 5.41) is 13.4. The number of aromatic nitrogens is 2. The van der Waals surface area contributed by atoms with Gasteiger partial charge in [-0.25, -0.2) is 4.98 Å². The molecule has 140 valence electrons. The van der Waals surface area contributed by atoms with Gasteiger partial charge in [-0.15, -0.1) is 6.58 Å². The number of likely N-dealkylation sites (N-methyl/N-ethyl adjacent to an activating group) is 1. The van der Waals surface area contributed by atoms with Crippen LogP contribution < -0.4 is 5.32 Å². The van der Waals surface area contributed by atoms with Crippen molar-refractivity contribution in [3.8, 4) is 6.07 Å². The number of para-hydroxylation sites is 2. The maximum atomic E-state index is 9.78. The highest BCUT2D eigenvalue weighted by molar-refractivity contribution is 5.86. The summed E-state index contributed by atoms with van der Waals surface area (Å²) >= 11 is 0. The number of imidazole rings is 1. The second-order valence-electron chi connectivity index (χ2n) is 6.64. The zero-order chi connectivity index (χ0) is 19.4. The lowest BCUT2D eigenvalue weighted by Gasteiger charge is -2.21. The smallest absolute Gasteiger partial charge is 0.157 e. The van der Waals surface area contributed by atoms with Gasteiger partial charge in [-0.3, -0.25) is 4.40 Å². The average Bonchev–Trinajstić information content (AvgIpc) is 3.06. The van der Waals surface area contributed by atoms with E-state index in [0.29, 0.717) is 17.6 Å². The highest BCUT2D eigenvalue weighted by Crippen LogP contribution is 2.31. The fraction of sp³-hybridized carbons (Fsp3) is 0.364. The molecule has 2 aromatic heterocycles. The van der Waals surface area contributed by atoms with Gasteiger partial charge >= 0.3 is 0 Å². The number of allylic oxidation sites excluding steroid dienone is 1. The molecule has 0 bridgehead atoms. The Bertz CT molecular complexity index is 1010. The SMILES string of the molecule is C=CCc1c(C)c(C#N)c2nc3ccccc3n2c1NCCN(CC)CC. The van der Waals surface area contributed by atoms with Crippen molar-refractivity contribution >= 4 is 22.5 Å². The Morgan fingerprint density at radius 1 is 1.30 bits per heavy atom. The van der Waals surface area contributed by atoms with E-state index in [4.69, 9.17) is 4.98 Å². The molecule has 0 aliphatic heterocycles. The molecule has 0 radical (unpaired) electrons. The predicted octanol–water partition coefficient (Wildman–Crippen LogP) is 4.15. The average molecular weight is 361 g/mol. The number of anilines is 1. The molecule has 0 unspecified atom stereocenters. The summed E-state index contributed by atoms with van der Waals surface area (Å²) in [6.45, 7) is 14.2. The molecule has 0 atom stereocenters. The monoisotopic (exact) mass is 361 g/mol. The van der Waals surface area contributed by atoms with Crippen LogP contribution in [0.3, 0.4) is 0 Å². The third-order valence-corrected chi connectivity index (χ3v) is 5.20. The number of nitriles is 1. The molecule has 3 aromatic rings. The van der Waals surface area contributed by atoms with Gasteiger partial charge in [0.2, 0.25) is 0 Å². The quantitative estimate of drug-likeness (QED) is 0.612. The number of nitrogens with zero attached hydrogens (tertiary/aromatic N) is 4. The van der Waals surface area contributed by atoms with Crippen LogP contribution in [-0.2, 0) is 6.42 Å². The van der Waals surface area contributed by atoms with Crippen molar-refractivity contribution in [2.75, 3.05) is 31.5 Å². The van der Waals surface area contributed by atoms with E-state index in [0.717, 1.165) is 54.2 Å². The standard InChI is InChI=1S/C22H27N5/c1-5-10-17-16(4)18(15-23)22-25-19-11-8-9-12-20(19)27(22)21(17)24-13-14-26(6-2)7-3/h5,8-9,11-12,24H,1,6-7,10,13-14H2,2-4H3. The third-order valence-electron chi connectivity index (χ3n) is 5.20. The first-order valence-electron chi connectivity index (χ1n) is 9.56. The molecular formula is C22H27N5. The first-order valence-corrected chi connectivity index (χ1v) is 9.56. The summed E-state index contributed by atoms with van der Waals surface area (Å²) in [6.07, 6.45) is 2.60. The molecule has 0 aliphatic rings. The number of pyridine rings is 1. The summed E-state index contributed by atoms with van der Waals surface area (Å²) < 4.78 is 2.10. The highest BCUT2D eigenvalue weighted by Gasteiger charge is 2.19. The number of hydrogen-bond acceptors (Lipinski definition) is 4. The zero-order valence-electron chi connectivity index (χ0n) is 16.4. The lowest BCUT2D eigenvalue weighted by Crippen LogP contribution is -2.29. The maximum Gasteiger partial charge on any atom is 0.157 e. The first-order chi connectivity index (χ1) is 13.2. The normalized spacial score (nSPS) is 11.2. The molecule has 0 fully saturated rings. The minimum Gasteiger partial charge on any atom is -0.370 e. The third kappa shape index (κ3) is 3.41. The van der Waals surface area contributed by atoms with Crippen LogP contribution in [-0.4, -0.2) is 40.5 Å². The van der Waals surface area contributed by atoms with Crippen LogP contribution in [0.25, 0.3) is 16.7 Å². The Labute approximate surface area is 160 Å². The lowest BCUT2D eigenvalue weighted by atomic mass is 10.0. The molecule has 27 heavy (non-hydrogen) atoms. The minimum absolute atomic E-state index is 0.636. The van der Waals surface area contributed by atoms with Crippen LogP contribution in [0.1, 0.15) is 30.5 Å². The molecular weight excluding hydrogens is 334 g/mol. The molecule has 0 amide bonds. The molecule has 2 heterocycles. The van der Waals surface area contributed by atoms with E-state index >= 15 is 0 Å². The molecule has 3 rings (SSSR count). The van der Waals surface area contributed by atoms with Crippen LogP contribution >= 0.6 is 0 Å². The topological polar surface area (TPSA) is 56.4 Å². The summed E-state index contributed by atoms with van der Waals surface area (Å²) in [7, 11) is 0. The van der Waals surface area contributed by atoms with Crippen LogP contribution in [0.4, 0.5) is 5.82 Å². The van der Waals surface area contributed by atoms with E-state index < -0.39 is 0 Å². The summed E-state index contributed by atoms with van der Waals surface area (Å²) in [6, 6.07) is 10.4. The van der Waals surface area contributed by atoms with E-state index in [1.165, 1.54) is 0 Å². The van der Waals surface area contributed by atoms with E-state index in [1.54, 1.807) is 0 Å². The molecule has 0 saturated carbocycles. The second-order valence-corrected chi connectivity index (χ2v) is 6.64. The number of rotatable bonds is 8. The number of fused-ring (bicyclic) bond motifs is 3. The van der Waals surface area contributed by atoms with Crippen molar-refractivity contribution in [1.82, 2.24) is 14.3 Å². The van der Waals surface area contributed by atoms with E-state index in [1.807, 2.05) is 31.2 Å². The van der Waals surface area contributed by atoms with Gasteiger partial charge in [0.1, 0.15) is 11.9 Å². The molecule has 0 saturated heterocycles. The molecule has 1 aromatic carbocycles. The Balaban J connectivity index is 2.20. The first kappa shape index (κ1) is 18.9. The van der Waals surface area contributed by atoms with E-state index in [2.05, 4.69) is 47.2 Å². The predicted molar refractivity (Wildman–Crippen MR) is 112 cm³/mol. The van der Waals surface area contributed by atoms with Gasteiger partial charge in [-0.05, 0) is 44.1 Å². The molecule has 5 nitrogen and oxygen atoms in total. The second kappa shape index (κ2) is 8.24. The van der Waals surface area contributed by atoms with Crippen LogP contribution in [0.5, 0.6) is 0 Å². The van der Waals surface area contributed by atoms with Gasteiger partial charge in [0.25, 0.3) is 0 Å². The number of nitrogens with one attached hydrogen (secondary N) is 1. The van der Waals surface area contributed by atoms with Crippen molar-refractivity contribution in [3.63, 3.8) is 0 Å². The largest absolute Gasteiger partial charge is 0.370 e. The Morgan fingerprint density at radius 3 is 2.70 bits per heavy atom. The maximum absolute atomic E-state index is 9.78. The van der Waals surface area contributed by atoms with E-state index in [-0.39, 0.29) is 0 Å². The molecule has 0 spiro atoms. The number of hydrogen-bond donors (Lipinski definition) is 1. The van der Waals surface area contributed by atoms with Crippen LogP contribution in [0, 0.1) is 18.3 Å². The van der Waals surface area contributed by atoms with Gasteiger partial charge in [0.05, 0.1) is 16.6 Å². The van der Waals surface area contributed by atoms with Crippen molar-refractivity contribution < 1.29 is 0 Å². The fourth-order valence-electron chi connectivity index (χ4n) is 3.64. The lowest BCUT2D eigenvalue weighted by molar-refractivity contribution is 0.316. The Morgan fingerprint density at radius 2 is 2.04 bits per heavy atom. The van der Waals surface area contributed by atoms with Crippen molar-refractivity contribution in [2.45, 2.75) is 27.2 Å². The molecule has 5 heteroatoms. The molecule has 1 N–H and O–H groups in total. The number of benzene rings is 1. The van der Waals surface area contributed by atoms with Crippen molar-refractivity contribution in [3.05, 3.63) is 53.6 Å². The Hall–Kier alpha value is -2.84. The van der Waals surface area contributed by atoms with Crippen molar-refractivity contribution in [1.29, 1.82) is 5.26 Å². The van der Waals surface area contributed by atoms with Gasteiger partial charge in [0, 0.05) is 18.7 Å². The van der Waals surface area contributed by atoms with Crippen LogP contribution in [0.2, 0.25) is 0 Å². The molecule has 0 aliphatic carbocycles. The van der Waals surface area contributed by atoms with Gasteiger partial charge < -0.3 is 10.2 Å². The van der Waals surface area contributed by atoms with Crippen LogP contribution in [0.15, 0.2) is 36.9 Å². The Kier molecular flexibility index (Phi) is 5.78. The summed E-state index contributed by atoms with van der Waals surface area (Å²) in [5.74, 6) is 1.02. The highest BCUT2D eigenvalue weighted by atomic mass is 15.2. The summed E-state index contributed by atoms with van der Waals surface area (Å²) in [5.41, 5.74) is 5.35.